The molecule has 0 atom stereocenters. The van der Waals surface area contributed by atoms with Crippen LogP contribution in [0.4, 0.5) is 4.79 Å². The van der Waals surface area contributed by atoms with Crippen LogP contribution < -0.4 is 5.32 Å². The SMILES string of the molecule is O=C(NCC1(C(=O)O)CC1)N1CCc2ccccc2CC1. The van der Waals surface area contributed by atoms with Gasteiger partial charge in [-0.15, -0.1) is 0 Å². The first-order valence-electron chi connectivity index (χ1n) is 7.44. The van der Waals surface area contributed by atoms with E-state index in [1.807, 2.05) is 12.1 Å². The van der Waals surface area contributed by atoms with Gasteiger partial charge in [0.05, 0.1) is 5.41 Å². The average molecular weight is 288 g/mol. The number of fused-ring (bicyclic) bond motifs is 1. The Hall–Kier alpha value is -2.04. The van der Waals surface area contributed by atoms with E-state index in [4.69, 9.17) is 5.11 Å². The zero-order valence-electron chi connectivity index (χ0n) is 12.0. The number of carbonyl (C=O) groups excluding carboxylic acids is 1. The minimum absolute atomic E-state index is 0.143. The van der Waals surface area contributed by atoms with Crippen LogP contribution in [-0.2, 0) is 17.6 Å². The number of nitrogens with one attached hydrogen (secondary N) is 1. The lowest BCUT2D eigenvalue weighted by Gasteiger charge is -2.22. The van der Waals surface area contributed by atoms with Crippen molar-refractivity contribution >= 4 is 12.0 Å². The molecule has 1 aromatic carbocycles. The number of benzene rings is 1. The van der Waals surface area contributed by atoms with Gasteiger partial charge in [-0.25, -0.2) is 4.79 Å². The molecule has 0 radical (unpaired) electrons. The molecule has 2 aliphatic rings. The fraction of sp³-hybridized carbons (Fsp3) is 0.500. The summed E-state index contributed by atoms with van der Waals surface area (Å²) in [5, 5.41) is 11.9. The first kappa shape index (κ1) is 13.9. The third-order valence-corrected chi connectivity index (χ3v) is 4.59. The van der Waals surface area contributed by atoms with Gasteiger partial charge in [-0.05, 0) is 36.8 Å². The predicted octanol–water partition coefficient (Wildman–Crippen LogP) is 1.66. The van der Waals surface area contributed by atoms with E-state index < -0.39 is 11.4 Å². The molecule has 2 amide bonds. The van der Waals surface area contributed by atoms with Crippen molar-refractivity contribution in [3.05, 3.63) is 35.4 Å². The van der Waals surface area contributed by atoms with Crippen molar-refractivity contribution in [1.82, 2.24) is 10.2 Å². The van der Waals surface area contributed by atoms with Crippen molar-refractivity contribution in [1.29, 1.82) is 0 Å². The van der Waals surface area contributed by atoms with Crippen molar-refractivity contribution in [2.75, 3.05) is 19.6 Å². The standard InChI is InChI=1S/C16H20N2O3/c19-14(20)16(7-8-16)11-17-15(21)18-9-5-12-3-1-2-4-13(12)6-10-18/h1-4H,5-11H2,(H,17,21)(H,19,20). The van der Waals surface area contributed by atoms with Crippen molar-refractivity contribution in [3.8, 4) is 0 Å². The maximum Gasteiger partial charge on any atom is 0.317 e. The van der Waals surface area contributed by atoms with E-state index in [-0.39, 0.29) is 12.6 Å². The van der Waals surface area contributed by atoms with Crippen LogP contribution in [0.15, 0.2) is 24.3 Å². The van der Waals surface area contributed by atoms with E-state index in [1.165, 1.54) is 11.1 Å². The van der Waals surface area contributed by atoms with Gasteiger partial charge in [-0.3, -0.25) is 4.79 Å². The maximum absolute atomic E-state index is 12.2. The topological polar surface area (TPSA) is 69.6 Å². The number of urea groups is 1. The highest BCUT2D eigenvalue weighted by Gasteiger charge is 2.50. The number of nitrogens with zero attached hydrogens (tertiary/aromatic N) is 1. The van der Waals surface area contributed by atoms with E-state index in [2.05, 4.69) is 17.4 Å². The number of carboxylic acid groups (broad SMARTS) is 1. The summed E-state index contributed by atoms with van der Waals surface area (Å²) < 4.78 is 0. The Kier molecular flexibility index (Phi) is 3.57. The summed E-state index contributed by atoms with van der Waals surface area (Å²) in [5.41, 5.74) is 1.90. The number of carbonyl (C=O) groups is 2. The summed E-state index contributed by atoms with van der Waals surface area (Å²) in [7, 11) is 0. The minimum atomic E-state index is -0.800. The third-order valence-electron chi connectivity index (χ3n) is 4.59. The fourth-order valence-electron chi connectivity index (χ4n) is 2.84. The highest BCUT2D eigenvalue weighted by atomic mass is 16.4. The van der Waals surface area contributed by atoms with Gasteiger partial charge >= 0.3 is 12.0 Å². The van der Waals surface area contributed by atoms with E-state index in [1.54, 1.807) is 4.90 Å². The second-order valence-electron chi connectivity index (χ2n) is 6.00. The smallest absolute Gasteiger partial charge is 0.317 e. The molecule has 3 rings (SSSR count). The molecule has 1 aliphatic carbocycles. The quantitative estimate of drug-likeness (QED) is 0.888. The monoisotopic (exact) mass is 288 g/mol. The third kappa shape index (κ3) is 2.86. The number of hydrogen-bond donors (Lipinski definition) is 2. The molecule has 1 heterocycles. The predicted molar refractivity (Wildman–Crippen MR) is 78.1 cm³/mol. The van der Waals surface area contributed by atoms with Crippen LogP contribution in [0.25, 0.3) is 0 Å². The Bertz CT molecular complexity index is 539. The number of rotatable bonds is 3. The second kappa shape index (κ2) is 5.39. The van der Waals surface area contributed by atoms with Gasteiger partial charge in [-0.1, -0.05) is 24.3 Å². The molecule has 0 aromatic heterocycles. The van der Waals surface area contributed by atoms with Gasteiger partial charge in [0.1, 0.15) is 0 Å². The number of aliphatic carboxylic acids is 1. The molecule has 1 aromatic rings. The van der Waals surface area contributed by atoms with Crippen molar-refractivity contribution in [2.24, 2.45) is 5.41 Å². The molecule has 0 unspecified atom stereocenters. The lowest BCUT2D eigenvalue weighted by Crippen LogP contribution is -2.44. The lowest BCUT2D eigenvalue weighted by atomic mass is 10.0. The molecule has 5 nitrogen and oxygen atoms in total. The number of carboxylic acids is 1. The van der Waals surface area contributed by atoms with Crippen molar-refractivity contribution in [3.63, 3.8) is 0 Å². The Labute approximate surface area is 123 Å². The van der Waals surface area contributed by atoms with Crippen LogP contribution in [0.3, 0.4) is 0 Å². The highest BCUT2D eigenvalue weighted by Crippen LogP contribution is 2.45. The van der Waals surface area contributed by atoms with E-state index >= 15 is 0 Å². The molecular formula is C16H20N2O3. The number of amides is 2. The minimum Gasteiger partial charge on any atom is -0.481 e. The van der Waals surface area contributed by atoms with Crippen LogP contribution >= 0.6 is 0 Å². The summed E-state index contributed by atoms with van der Waals surface area (Å²) in [5.74, 6) is -0.800. The summed E-state index contributed by atoms with van der Waals surface area (Å²) >= 11 is 0. The molecule has 112 valence electrons. The Morgan fingerprint density at radius 1 is 1.14 bits per heavy atom. The molecule has 0 spiro atoms. The van der Waals surface area contributed by atoms with Gasteiger partial charge in [0.15, 0.2) is 0 Å². The lowest BCUT2D eigenvalue weighted by molar-refractivity contribution is -0.143. The molecule has 1 saturated carbocycles. The first-order chi connectivity index (χ1) is 10.1. The molecule has 1 aliphatic heterocycles. The number of hydrogen-bond acceptors (Lipinski definition) is 2. The van der Waals surface area contributed by atoms with Gasteiger partial charge < -0.3 is 15.3 Å². The van der Waals surface area contributed by atoms with Crippen LogP contribution in [-0.4, -0.2) is 41.6 Å². The second-order valence-corrected chi connectivity index (χ2v) is 6.00. The highest BCUT2D eigenvalue weighted by molar-refractivity contribution is 5.80. The molecule has 5 heteroatoms. The largest absolute Gasteiger partial charge is 0.481 e. The Morgan fingerprint density at radius 3 is 2.19 bits per heavy atom. The van der Waals surface area contributed by atoms with E-state index in [9.17, 15) is 9.59 Å². The Morgan fingerprint density at radius 2 is 1.71 bits per heavy atom. The summed E-state index contributed by atoms with van der Waals surface area (Å²) in [4.78, 5) is 25.1. The molecule has 0 bridgehead atoms. The van der Waals surface area contributed by atoms with Crippen LogP contribution in [0.1, 0.15) is 24.0 Å². The summed E-state index contributed by atoms with van der Waals surface area (Å²) in [6.45, 7) is 1.61. The zero-order chi connectivity index (χ0) is 14.9. The van der Waals surface area contributed by atoms with Gasteiger partial charge in [0.25, 0.3) is 0 Å². The molecule has 2 N–H and O–H groups in total. The van der Waals surface area contributed by atoms with Crippen LogP contribution in [0.2, 0.25) is 0 Å². The molecule has 0 saturated heterocycles. The average Bonchev–Trinajstić information content (AvgIpc) is 3.29. The van der Waals surface area contributed by atoms with Gasteiger partial charge in [0.2, 0.25) is 0 Å². The first-order valence-corrected chi connectivity index (χ1v) is 7.44. The van der Waals surface area contributed by atoms with Crippen molar-refractivity contribution < 1.29 is 14.7 Å². The maximum atomic E-state index is 12.2. The molecule has 21 heavy (non-hydrogen) atoms. The fourth-order valence-corrected chi connectivity index (χ4v) is 2.84. The van der Waals surface area contributed by atoms with Crippen LogP contribution in [0.5, 0.6) is 0 Å². The van der Waals surface area contributed by atoms with Crippen LogP contribution in [0, 0.1) is 5.41 Å². The van der Waals surface area contributed by atoms with Gasteiger partial charge in [0, 0.05) is 19.6 Å². The summed E-state index contributed by atoms with van der Waals surface area (Å²) in [6.07, 6.45) is 3.03. The van der Waals surface area contributed by atoms with Gasteiger partial charge in [-0.2, -0.15) is 0 Å². The normalized spacial score (nSPS) is 19.3. The Balaban J connectivity index is 1.56. The zero-order valence-corrected chi connectivity index (χ0v) is 12.0. The summed E-state index contributed by atoms with van der Waals surface area (Å²) in [6, 6.07) is 8.13. The van der Waals surface area contributed by atoms with E-state index in [0.717, 1.165) is 12.8 Å². The molecule has 1 fully saturated rings. The van der Waals surface area contributed by atoms with E-state index in [0.29, 0.717) is 25.9 Å². The molecular weight excluding hydrogens is 268 g/mol. The van der Waals surface area contributed by atoms with Crippen molar-refractivity contribution in [2.45, 2.75) is 25.7 Å².